The van der Waals surface area contributed by atoms with Gasteiger partial charge >= 0.3 is 17.9 Å². The zero-order valence-electron chi connectivity index (χ0n) is 22.5. The smallest absolute Gasteiger partial charge is 0.371 e. The van der Waals surface area contributed by atoms with E-state index in [0.29, 0.717) is 0 Å². The monoisotopic (exact) mass is 616 g/mol. The van der Waals surface area contributed by atoms with Crippen LogP contribution in [0.5, 0.6) is 17.2 Å². The van der Waals surface area contributed by atoms with Gasteiger partial charge in [0.1, 0.15) is 48.6 Å². The van der Waals surface area contributed by atoms with E-state index < -0.39 is 84.3 Å². The minimum absolute atomic E-state index is 0.0371. The van der Waals surface area contributed by atoms with Crippen molar-refractivity contribution in [2.75, 3.05) is 13.7 Å². The molecule has 0 aliphatic carbocycles. The van der Waals surface area contributed by atoms with Crippen LogP contribution in [0.25, 0.3) is 33.3 Å². The van der Waals surface area contributed by atoms with E-state index in [4.69, 9.17) is 23.0 Å². The molecule has 2 aromatic heterocycles. The Balaban J connectivity index is 1.62. The number of aliphatic hydroxyl groups is 3. The summed E-state index contributed by atoms with van der Waals surface area (Å²) in [5.41, 5.74) is -0.849. The second-order valence-electron chi connectivity index (χ2n) is 9.66. The second kappa shape index (κ2) is 11.8. The maximum atomic E-state index is 12.4. The molecule has 0 spiro atoms. The Morgan fingerprint density at radius 1 is 0.886 bits per heavy atom. The van der Waals surface area contributed by atoms with E-state index in [0.717, 1.165) is 37.4 Å². The molecule has 5 atom stereocenters. The van der Waals surface area contributed by atoms with Crippen LogP contribution in [0.4, 0.5) is 0 Å². The highest BCUT2D eigenvalue weighted by atomic mass is 16.7. The van der Waals surface area contributed by atoms with Crippen LogP contribution in [-0.4, -0.2) is 93.0 Å². The number of phenolic OH excluding ortho intramolecular Hbond substituents is 2. The van der Waals surface area contributed by atoms with Crippen molar-refractivity contribution in [3.8, 4) is 28.6 Å². The molecular formula is C28H24O16. The molecule has 1 fully saturated rings. The van der Waals surface area contributed by atoms with Gasteiger partial charge < -0.3 is 58.4 Å². The molecule has 3 heterocycles. The molecule has 6 N–H and O–H groups in total. The number of aliphatic hydroxyl groups excluding tert-OH is 3. The number of carboxylic acid groups (broad SMARTS) is 1. The minimum Gasteiger partial charge on any atom is -0.504 e. The van der Waals surface area contributed by atoms with Crippen LogP contribution >= 0.6 is 0 Å². The number of phenols is 2. The Bertz CT molecular complexity index is 1820. The van der Waals surface area contributed by atoms with Gasteiger partial charge in [0, 0.05) is 29.1 Å². The SMILES string of the molecule is COC(=O)CC(=O)OC[C@H]1O[C@@H](Oc2c(-c3ccc(O)c(O)c3)oc3cc(=O)cc4oc(C(=O)O)cc2c43)[C@H](O)[C@@H](O)[C@@H]1O. The molecule has 0 radical (unpaired) electrons. The molecule has 0 bridgehead atoms. The van der Waals surface area contributed by atoms with Crippen molar-refractivity contribution >= 4 is 39.8 Å². The van der Waals surface area contributed by atoms with Crippen molar-refractivity contribution in [1.29, 1.82) is 0 Å². The molecule has 44 heavy (non-hydrogen) atoms. The number of methoxy groups -OCH3 is 1. The molecule has 16 heteroatoms. The molecule has 0 amide bonds. The first-order valence-corrected chi connectivity index (χ1v) is 12.8. The van der Waals surface area contributed by atoms with E-state index in [1.54, 1.807) is 0 Å². The van der Waals surface area contributed by atoms with Gasteiger partial charge in [-0.3, -0.25) is 14.4 Å². The number of carbonyl (C=O) groups is 3. The van der Waals surface area contributed by atoms with Gasteiger partial charge in [0.2, 0.25) is 12.1 Å². The van der Waals surface area contributed by atoms with Crippen LogP contribution < -0.4 is 10.2 Å². The lowest BCUT2D eigenvalue weighted by molar-refractivity contribution is -0.278. The topological polar surface area (TPSA) is 253 Å². The third-order valence-electron chi connectivity index (χ3n) is 6.74. The quantitative estimate of drug-likeness (QED) is 0.0900. The summed E-state index contributed by atoms with van der Waals surface area (Å²) in [5, 5.41) is 61.5. The van der Waals surface area contributed by atoms with E-state index in [9.17, 15) is 49.8 Å². The van der Waals surface area contributed by atoms with Crippen molar-refractivity contribution in [2.24, 2.45) is 0 Å². The van der Waals surface area contributed by atoms with Gasteiger partial charge in [-0.05, 0) is 18.2 Å². The Hall–Kier alpha value is -5.16. The summed E-state index contributed by atoms with van der Waals surface area (Å²) < 4.78 is 32.2. The van der Waals surface area contributed by atoms with E-state index in [1.807, 2.05) is 0 Å². The third-order valence-corrected chi connectivity index (χ3v) is 6.74. The van der Waals surface area contributed by atoms with Crippen molar-refractivity contribution in [3.05, 3.63) is 52.4 Å². The van der Waals surface area contributed by atoms with Gasteiger partial charge in [0.05, 0.1) is 12.5 Å². The molecular weight excluding hydrogens is 592 g/mol. The van der Waals surface area contributed by atoms with Gasteiger partial charge in [0.25, 0.3) is 0 Å². The lowest BCUT2D eigenvalue weighted by Gasteiger charge is -2.40. The number of aromatic hydroxyl groups is 2. The standard InChI is InChI=1S/C28H24O16/c1-39-19(32)8-20(33)40-9-18-22(34)23(35)24(36)28(43-18)44-26-12-7-17(27(37)38)41-15-5-11(29)6-16(21(12)15)42-25(26)10-2-3-13(30)14(31)4-10/h2-7,18,22-24,28,30-31,34-36H,8-9H2,1H3,(H,37,38)/t18-,22-,23+,24-,28+/m1/s1. The lowest BCUT2D eigenvalue weighted by Crippen LogP contribution is -2.60. The number of rotatable bonds is 8. The Morgan fingerprint density at radius 3 is 2.25 bits per heavy atom. The zero-order chi connectivity index (χ0) is 31.9. The number of aromatic carboxylic acids is 1. The molecule has 1 saturated heterocycles. The van der Waals surface area contributed by atoms with Crippen molar-refractivity contribution in [3.63, 3.8) is 0 Å². The molecule has 4 aromatic rings. The third kappa shape index (κ3) is 5.73. The summed E-state index contributed by atoms with van der Waals surface area (Å²) in [4.78, 5) is 47.6. The first-order valence-electron chi connectivity index (χ1n) is 12.8. The highest BCUT2D eigenvalue weighted by Crippen LogP contribution is 2.44. The summed E-state index contributed by atoms with van der Waals surface area (Å²) in [7, 11) is 1.06. The van der Waals surface area contributed by atoms with Gasteiger partial charge in [0.15, 0.2) is 28.4 Å². The lowest BCUT2D eigenvalue weighted by atomic mass is 9.99. The molecule has 0 saturated carbocycles. The van der Waals surface area contributed by atoms with Crippen LogP contribution in [0.2, 0.25) is 0 Å². The molecule has 1 aliphatic rings. The molecule has 232 valence electrons. The van der Waals surface area contributed by atoms with Crippen LogP contribution in [0.15, 0.2) is 50.0 Å². The Labute approximate surface area is 244 Å². The molecule has 1 aliphatic heterocycles. The summed E-state index contributed by atoms with van der Waals surface area (Å²) in [6.07, 6.45) is -9.73. The molecule has 0 unspecified atom stereocenters. The molecule has 2 aromatic carbocycles. The highest BCUT2D eigenvalue weighted by molar-refractivity contribution is 6.11. The number of carboxylic acids is 1. The van der Waals surface area contributed by atoms with Crippen LogP contribution in [0, 0.1) is 0 Å². The fraction of sp³-hybridized carbons (Fsp3) is 0.286. The average molecular weight is 616 g/mol. The average Bonchev–Trinajstić information content (AvgIpc) is 2.98. The Morgan fingerprint density at radius 2 is 1.59 bits per heavy atom. The first-order chi connectivity index (χ1) is 20.9. The van der Waals surface area contributed by atoms with E-state index in [2.05, 4.69) is 4.74 Å². The number of benzene rings is 2. The van der Waals surface area contributed by atoms with Gasteiger partial charge in [-0.25, -0.2) is 4.79 Å². The number of carbonyl (C=O) groups excluding carboxylic acids is 2. The number of hydrogen-bond donors (Lipinski definition) is 6. The number of esters is 2. The van der Waals surface area contributed by atoms with E-state index in [1.165, 1.54) is 6.07 Å². The maximum absolute atomic E-state index is 12.4. The van der Waals surface area contributed by atoms with Crippen molar-refractivity contribution in [2.45, 2.75) is 37.1 Å². The largest absolute Gasteiger partial charge is 0.504 e. The fourth-order valence-electron chi connectivity index (χ4n) is 4.56. The molecule has 5 rings (SSSR count). The summed E-state index contributed by atoms with van der Waals surface area (Å²) >= 11 is 0. The normalized spacial score (nSPS) is 21.7. The molecule has 16 nitrogen and oxygen atoms in total. The van der Waals surface area contributed by atoms with Crippen LogP contribution in [-0.2, 0) is 23.8 Å². The predicted octanol–water partition coefficient (Wildman–Crippen LogP) is 0.608. The van der Waals surface area contributed by atoms with Crippen molar-refractivity contribution in [1.82, 2.24) is 0 Å². The zero-order valence-corrected chi connectivity index (χ0v) is 22.5. The van der Waals surface area contributed by atoms with Gasteiger partial charge in [-0.2, -0.15) is 0 Å². The van der Waals surface area contributed by atoms with Crippen molar-refractivity contribution < 1.29 is 72.8 Å². The number of hydrogen-bond acceptors (Lipinski definition) is 15. The maximum Gasteiger partial charge on any atom is 0.371 e. The van der Waals surface area contributed by atoms with Crippen LogP contribution in [0.3, 0.4) is 0 Å². The summed E-state index contributed by atoms with van der Waals surface area (Å²) in [6.45, 7) is -0.693. The van der Waals surface area contributed by atoms with E-state index >= 15 is 0 Å². The second-order valence-corrected chi connectivity index (χ2v) is 9.66. The van der Waals surface area contributed by atoms with Crippen LogP contribution in [0.1, 0.15) is 17.0 Å². The summed E-state index contributed by atoms with van der Waals surface area (Å²) in [5.74, 6) is -5.72. The van der Waals surface area contributed by atoms with Gasteiger partial charge in [-0.1, -0.05) is 0 Å². The number of ether oxygens (including phenoxy) is 4. The van der Waals surface area contributed by atoms with Gasteiger partial charge in [-0.15, -0.1) is 0 Å². The summed E-state index contributed by atoms with van der Waals surface area (Å²) in [6, 6.07) is 6.62. The predicted molar refractivity (Wildman–Crippen MR) is 143 cm³/mol. The van der Waals surface area contributed by atoms with E-state index in [-0.39, 0.29) is 39.0 Å². The fourth-order valence-corrected chi connectivity index (χ4v) is 4.56. The minimum atomic E-state index is -1.94. The first kappa shape index (κ1) is 30.3. The highest BCUT2D eigenvalue weighted by Gasteiger charge is 2.46. The Kier molecular flexibility index (Phi) is 8.16.